The summed E-state index contributed by atoms with van der Waals surface area (Å²) in [5, 5.41) is 6.62. The van der Waals surface area contributed by atoms with Crippen LogP contribution >= 0.6 is 11.8 Å². The zero-order chi connectivity index (χ0) is 21.0. The number of carbonyl (C=O) groups is 2. The molecule has 152 valence electrons. The molecule has 0 bridgehead atoms. The summed E-state index contributed by atoms with van der Waals surface area (Å²) in [5.41, 5.74) is 2.88. The first-order valence-corrected chi connectivity index (χ1v) is 10.6. The molecule has 0 aliphatic heterocycles. The van der Waals surface area contributed by atoms with Crippen LogP contribution in [-0.2, 0) is 16.6 Å². The van der Waals surface area contributed by atoms with Gasteiger partial charge in [-0.2, -0.15) is 0 Å². The van der Waals surface area contributed by atoms with Crippen LogP contribution in [0.5, 0.6) is 0 Å². The predicted molar refractivity (Wildman–Crippen MR) is 119 cm³/mol. The van der Waals surface area contributed by atoms with Crippen LogP contribution in [0.2, 0.25) is 0 Å². The van der Waals surface area contributed by atoms with Gasteiger partial charge in [-0.15, -0.1) is 11.8 Å². The Morgan fingerprint density at radius 1 is 1.07 bits per heavy atom. The van der Waals surface area contributed by atoms with E-state index < -0.39 is 11.8 Å². The first-order valence-electron chi connectivity index (χ1n) is 9.35. The molecule has 2 aromatic carbocycles. The topological polar surface area (TPSA) is 66.4 Å². The molecule has 2 amide bonds. The molecule has 1 heterocycles. The van der Waals surface area contributed by atoms with Crippen molar-refractivity contribution in [2.75, 3.05) is 32.2 Å². The molecule has 1 aromatic heterocycles. The van der Waals surface area contributed by atoms with Crippen LogP contribution in [0.1, 0.15) is 11.6 Å². The summed E-state index contributed by atoms with van der Waals surface area (Å²) in [6.45, 7) is 0.331. The van der Waals surface area contributed by atoms with Crippen LogP contribution in [0.3, 0.4) is 0 Å². The molecule has 0 saturated carbocycles. The van der Waals surface area contributed by atoms with Crippen LogP contribution in [0.15, 0.2) is 59.6 Å². The maximum absolute atomic E-state index is 12.4. The fraction of sp³-hybridized carbons (Fsp3) is 0.273. The molecule has 1 atom stereocenters. The highest BCUT2D eigenvalue weighted by molar-refractivity contribution is 7.98. The van der Waals surface area contributed by atoms with Crippen LogP contribution in [0, 0.1) is 0 Å². The monoisotopic (exact) mass is 410 g/mol. The van der Waals surface area contributed by atoms with E-state index in [1.54, 1.807) is 6.07 Å². The number of amides is 2. The van der Waals surface area contributed by atoms with Gasteiger partial charge in [0, 0.05) is 35.6 Å². The number of hydrogen-bond acceptors (Lipinski definition) is 4. The third-order valence-corrected chi connectivity index (χ3v) is 5.72. The number of aromatic nitrogens is 1. The van der Waals surface area contributed by atoms with E-state index in [2.05, 4.69) is 33.5 Å². The van der Waals surface area contributed by atoms with Crippen molar-refractivity contribution >= 4 is 40.2 Å². The second-order valence-corrected chi connectivity index (χ2v) is 7.90. The van der Waals surface area contributed by atoms with Crippen molar-refractivity contribution in [3.63, 3.8) is 0 Å². The molecule has 3 aromatic rings. The SMILES string of the molecule is CSc1ccccc1NC(=O)C(=O)NC[C@@H](c1cn(C)c2ccccc12)N(C)C. The third kappa shape index (κ3) is 4.63. The number of likely N-dealkylation sites (N-methyl/N-ethyl adjacent to an activating group) is 1. The van der Waals surface area contributed by atoms with Crippen molar-refractivity contribution in [2.45, 2.75) is 10.9 Å². The maximum atomic E-state index is 12.4. The van der Waals surface area contributed by atoms with E-state index >= 15 is 0 Å². The van der Waals surface area contributed by atoms with E-state index in [4.69, 9.17) is 0 Å². The zero-order valence-corrected chi connectivity index (χ0v) is 17.9. The van der Waals surface area contributed by atoms with Gasteiger partial charge in [0.15, 0.2) is 0 Å². The molecule has 0 unspecified atom stereocenters. The van der Waals surface area contributed by atoms with Crippen molar-refractivity contribution in [1.82, 2.24) is 14.8 Å². The second kappa shape index (κ2) is 9.15. The predicted octanol–water partition coefficient (Wildman–Crippen LogP) is 3.26. The molecule has 0 aliphatic carbocycles. The molecule has 0 spiro atoms. The highest BCUT2D eigenvalue weighted by atomic mass is 32.2. The average Bonchev–Trinajstić information content (AvgIpc) is 3.05. The van der Waals surface area contributed by atoms with Gasteiger partial charge in [-0.1, -0.05) is 30.3 Å². The Hall–Kier alpha value is -2.77. The molecule has 0 saturated heterocycles. The third-order valence-electron chi connectivity index (χ3n) is 4.93. The minimum absolute atomic E-state index is 0.0590. The molecule has 6 nitrogen and oxygen atoms in total. The summed E-state index contributed by atoms with van der Waals surface area (Å²) >= 11 is 1.52. The average molecular weight is 411 g/mol. The van der Waals surface area contributed by atoms with Gasteiger partial charge in [0.1, 0.15) is 0 Å². The summed E-state index contributed by atoms with van der Waals surface area (Å²) < 4.78 is 2.08. The van der Waals surface area contributed by atoms with Crippen molar-refractivity contribution in [3.05, 3.63) is 60.3 Å². The lowest BCUT2D eigenvalue weighted by molar-refractivity contribution is -0.136. The Morgan fingerprint density at radius 3 is 2.48 bits per heavy atom. The molecular formula is C22H26N4O2S. The number of benzene rings is 2. The standard InChI is InChI=1S/C22H26N4O2S/c1-25(2)19(16-14-26(3)18-11-7-5-9-15(16)18)13-23-21(27)22(28)24-17-10-6-8-12-20(17)29-4/h5-12,14,19H,13H2,1-4H3,(H,23,27)(H,24,28)/t19-/m0/s1. The Labute approximate surface area is 175 Å². The number of aryl methyl sites for hydroxylation is 1. The number of thioether (sulfide) groups is 1. The fourth-order valence-electron chi connectivity index (χ4n) is 3.41. The van der Waals surface area contributed by atoms with Crippen molar-refractivity contribution < 1.29 is 9.59 Å². The van der Waals surface area contributed by atoms with Crippen molar-refractivity contribution in [1.29, 1.82) is 0 Å². The molecule has 0 fully saturated rings. The number of nitrogens with one attached hydrogen (secondary N) is 2. The maximum Gasteiger partial charge on any atom is 0.313 e. The normalized spacial score (nSPS) is 12.2. The number of fused-ring (bicyclic) bond motifs is 1. The van der Waals surface area contributed by atoms with Gasteiger partial charge in [0.2, 0.25) is 0 Å². The largest absolute Gasteiger partial charge is 0.350 e. The Morgan fingerprint density at radius 2 is 1.76 bits per heavy atom. The smallest absolute Gasteiger partial charge is 0.313 e. The number of nitrogens with zero attached hydrogens (tertiary/aromatic N) is 2. The van der Waals surface area contributed by atoms with E-state index in [1.807, 2.05) is 62.6 Å². The number of rotatable bonds is 6. The lowest BCUT2D eigenvalue weighted by Crippen LogP contribution is -2.40. The quantitative estimate of drug-likeness (QED) is 0.484. The van der Waals surface area contributed by atoms with Gasteiger partial charge in [-0.3, -0.25) is 9.59 Å². The number of hydrogen-bond donors (Lipinski definition) is 2. The zero-order valence-electron chi connectivity index (χ0n) is 17.1. The minimum atomic E-state index is -0.665. The fourth-order valence-corrected chi connectivity index (χ4v) is 3.96. The van der Waals surface area contributed by atoms with E-state index in [9.17, 15) is 9.59 Å². The summed E-state index contributed by atoms with van der Waals surface area (Å²) in [5.74, 6) is -1.31. The number of carbonyl (C=O) groups excluding carboxylic acids is 2. The molecule has 2 N–H and O–H groups in total. The summed E-state index contributed by atoms with van der Waals surface area (Å²) in [6.07, 6.45) is 4.01. The molecular weight excluding hydrogens is 384 g/mol. The molecule has 0 radical (unpaired) electrons. The Balaban J connectivity index is 1.72. The molecule has 0 aliphatic rings. The van der Waals surface area contributed by atoms with E-state index in [1.165, 1.54) is 11.8 Å². The second-order valence-electron chi connectivity index (χ2n) is 7.06. The van der Waals surface area contributed by atoms with E-state index in [0.717, 1.165) is 21.4 Å². The minimum Gasteiger partial charge on any atom is -0.350 e. The highest BCUT2D eigenvalue weighted by Crippen LogP contribution is 2.28. The van der Waals surface area contributed by atoms with Gasteiger partial charge in [0.05, 0.1) is 11.7 Å². The van der Waals surface area contributed by atoms with Crippen molar-refractivity contribution in [2.24, 2.45) is 7.05 Å². The molecule has 29 heavy (non-hydrogen) atoms. The van der Waals surface area contributed by atoms with Gasteiger partial charge in [-0.25, -0.2) is 0 Å². The summed E-state index contributed by atoms with van der Waals surface area (Å²) in [4.78, 5) is 27.7. The summed E-state index contributed by atoms with van der Waals surface area (Å²) in [7, 11) is 5.94. The van der Waals surface area contributed by atoms with Crippen LogP contribution in [0.25, 0.3) is 10.9 Å². The van der Waals surface area contributed by atoms with Crippen LogP contribution in [0.4, 0.5) is 5.69 Å². The molecule has 7 heteroatoms. The van der Waals surface area contributed by atoms with Crippen LogP contribution < -0.4 is 10.6 Å². The Kier molecular flexibility index (Phi) is 6.61. The lowest BCUT2D eigenvalue weighted by Gasteiger charge is -2.24. The van der Waals surface area contributed by atoms with E-state index in [-0.39, 0.29) is 6.04 Å². The lowest BCUT2D eigenvalue weighted by atomic mass is 10.0. The van der Waals surface area contributed by atoms with Gasteiger partial charge >= 0.3 is 11.8 Å². The van der Waals surface area contributed by atoms with Gasteiger partial charge in [0.25, 0.3) is 0 Å². The Bertz CT molecular complexity index is 1030. The highest BCUT2D eigenvalue weighted by Gasteiger charge is 2.22. The number of para-hydroxylation sites is 2. The first kappa shape index (κ1) is 21.0. The first-order chi connectivity index (χ1) is 13.9. The van der Waals surface area contributed by atoms with Crippen LogP contribution in [-0.4, -0.2) is 48.2 Å². The van der Waals surface area contributed by atoms with Crippen molar-refractivity contribution in [3.8, 4) is 0 Å². The van der Waals surface area contributed by atoms with E-state index in [0.29, 0.717) is 12.2 Å². The molecule has 3 rings (SSSR count). The van der Waals surface area contributed by atoms with Gasteiger partial charge < -0.3 is 20.1 Å². The van der Waals surface area contributed by atoms with Gasteiger partial charge in [-0.05, 0) is 44.1 Å². The number of anilines is 1. The summed E-state index contributed by atoms with van der Waals surface area (Å²) in [6, 6.07) is 15.5.